The Hall–Kier alpha value is -3.26. The van der Waals surface area contributed by atoms with Crippen LogP contribution < -0.4 is 0 Å². The molecule has 0 fully saturated rings. The number of aromatic nitrogens is 7. The zero-order valence-corrected chi connectivity index (χ0v) is 22.4. The summed E-state index contributed by atoms with van der Waals surface area (Å²) in [6, 6.07) is 8.51. The van der Waals surface area contributed by atoms with E-state index in [-0.39, 0.29) is 0 Å². The topological polar surface area (TPSA) is 66.3 Å². The van der Waals surface area contributed by atoms with Crippen molar-refractivity contribution in [1.29, 1.82) is 0 Å². The molecule has 7 nitrogen and oxygen atoms in total. The van der Waals surface area contributed by atoms with Crippen molar-refractivity contribution in [2.75, 3.05) is 0 Å². The lowest BCUT2D eigenvalue weighted by Gasteiger charge is -2.14. The van der Waals surface area contributed by atoms with Gasteiger partial charge >= 0.3 is 0 Å². The third kappa shape index (κ3) is 3.85. The van der Waals surface area contributed by atoms with Gasteiger partial charge in [-0.25, -0.2) is 9.67 Å². The summed E-state index contributed by atoms with van der Waals surface area (Å²) in [6.45, 7) is 15.8. The zero-order valence-electron chi connectivity index (χ0n) is 21.4. The van der Waals surface area contributed by atoms with E-state index >= 15 is 0 Å². The smallest absolute Gasteiger partial charge is 0.181 e. The molecular weight excluding hydrogens is 438 g/mol. The van der Waals surface area contributed by atoms with Gasteiger partial charge in [-0.2, -0.15) is 15.3 Å². The van der Waals surface area contributed by atoms with E-state index in [1.54, 1.807) is 4.68 Å². The number of aryl methyl sites for hydroxylation is 2. The van der Waals surface area contributed by atoms with Crippen molar-refractivity contribution in [3.05, 3.63) is 53.6 Å². The van der Waals surface area contributed by atoms with Gasteiger partial charge in [0.15, 0.2) is 5.65 Å². The fourth-order valence-corrected chi connectivity index (χ4v) is 6.00. The lowest BCUT2D eigenvalue weighted by Crippen LogP contribution is -2.28. The number of pyridine rings is 1. The highest BCUT2D eigenvalue weighted by atomic mass is 28.3. The molecule has 5 aromatic rings. The van der Waals surface area contributed by atoms with Gasteiger partial charge in [-0.1, -0.05) is 45.6 Å². The van der Waals surface area contributed by atoms with E-state index in [0.717, 1.165) is 56.4 Å². The Morgan fingerprint density at radius 2 is 1.76 bits per heavy atom. The predicted octanol–water partition coefficient (Wildman–Crippen LogP) is 5.79. The van der Waals surface area contributed by atoms with Crippen LogP contribution in [-0.4, -0.2) is 42.4 Å². The molecule has 4 heterocycles. The first-order chi connectivity index (χ1) is 16.0. The standard InChI is InChI=1S/C26H33N7Si/c1-16(2)24-18(4)33(23-12-19-13-31(5)30-26(19)27-17(23)3)29-25(24)20-10-9-11-22-21(20)14-32(28-22)15-34(6,7)8/h9-14,16H,15H2,1-8H3. The molecule has 0 aliphatic heterocycles. The van der Waals surface area contributed by atoms with Crippen LogP contribution in [0, 0.1) is 13.8 Å². The summed E-state index contributed by atoms with van der Waals surface area (Å²) in [5.41, 5.74) is 8.26. The molecule has 0 aliphatic rings. The maximum absolute atomic E-state index is 5.20. The van der Waals surface area contributed by atoms with Gasteiger partial charge < -0.3 is 0 Å². The van der Waals surface area contributed by atoms with E-state index in [4.69, 9.17) is 15.2 Å². The number of nitrogens with zero attached hydrogens (tertiary/aromatic N) is 7. The fraction of sp³-hybridized carbons (Fsp3) is 0.385. The van der Waals surface area contributed by atoms with Crippen LogP contribution in [0.5, 0.6) is 0 Å². The average Bonchev–Trinajstić information content (AvgIpc) is 3.39. The summed E-state index contributed by atoms with van der Waals surface area (Å²) in [7, 11) is 0.629. The molecule has 0 bridgehead atoms. The number of hydrogen-bond acceptors (Lipinski definition) is 4. The van der Waals surface area contributed by atoms with E-state index in [1.807, 2.05) is 20.2 Å². The van der Waals surface area contributed by atoms with Gasteiger partial charge in [0.05, 0.1) is 30.7 Å². The molecule has 0 aliphatic carbocycles. The van der Waals surface area contributed by atoms with Gasteiger partial charge in [0, 0.05) is 53.2 Å². The highest BCUT2D eigenvalue weighted by Crippen LogP contribution is 2.36. The fourth-order valence-electron chi connectivity index (χ4n) is 4.87. The first-order valence-electron chi connectivity index (χ1n) is 11.9. The Balaban J connectivity index is 1.72. The van der Waals surface area contributed by atoms with Crippen LogP contribution >= 0.6 is 0 Å². The lowest BCUT2D eigenvalue weighted by atomic mass is 9.95. The van der Waals surface area contributed by atoms with E-state index in [2.05, 4.69) is 85.3 Å². The molecule has 0 saturated carbocycles. The molecule has 1 aromatic carbocycles. The summed E-state index contributed by atoms with van der Waals surface area (Å²) in [6.07, 6.45) is 5.21. The molecule has 0 amide bonds. The number of rotatable bonds is 5. The normalized spacial score (nSPS) is 12.5. The molecule has 0 spiro atoms. The summed E-state index contributed by atoms with van der Waals surface area (Å²) in [4.78, 5) is 4.76. The van der Waals surface area contributed by atoms with Crippen molar-refractivity contribution >= 4 is 30.0 Å². The maximum Gasteiger partial charge on any atom is 0.181 e. The van der Waals surface area contributed by atoms with E-state index in [1.165, 1.54) is 5.56 Å². The second kappa shape index (κ2) is 7.90. The Labute approximate surface area is 201 Å². The van der Waals surface area contributed by atoms with Gasteiger partial charge in [-0.05, 0) is 31.9 Å². The van der Waals surface area contributed by atoms with Crippen LogP contribution in [0.4, 0.5) is 0 Å². The Bertz CT molecular complexity index is 1530. The molecule has 0 unspecified atom stereocenters. The lowest BCUT2D eigenvalue weighted by molar-refractivity contribution is 0.735. The van der Waals surface area contributed by atoms with E-state index < -0.39 is 8.07 Å². The summed E-state index contributed by atoms with van der Waals surface area (Å²) >= 11 is 0. The van der Waals surface area contributed by atoms with Gasteiger partial charge in [0.2, 0.25) is 0 Å². The van der Waals surface area contributed by atoms with Crippen molar-refractivity contribution < 1.29 is 0 Å². The predicted molar refractivity (Wildman–Crippen MR) is 141 cm³/mol. The first-order valence-corrected chi connectivity index (χ1v) is 15.6. The minimum atomic E-state index is -1.30. The highest BCUT2D eigenvalue weighted by Gasteiger charge is 2.23. The Morgan fingerprint density at radius 3 is 2.47 bits per heavy atom. The molecule has 0 N–H and O–H groups in total. The molecule has 0 atom stereocenters. The quantitative estimate of drug-likeness (QED) is 0.304. The molecule has 0 radical (unpaired) electrons. The highest BCUT2D eigenvalue weighted by molar-refractivity contribution is 6.74. The second-order valence-electron chi connectivity index (χ2n) is 10.8. The molecule has 0 saturated heterocycles. The molecular formula is C26H33N7Si. The molecule has 8 heteroatoms. The van der Waals surface area contributed by atoms with Gasteiger partial charge in [0.25, 0.3) is 0 Å². The SMILES string of the molecule is Cc1nc2nn(C)cc2cc1-n1nc(-c2cccc3nn(C[Si](C)(C)C)cc23)c(C(C)C)c1C. The molecule has 5 rings (SSSR count). The number of benzene rings is 1. The minimum absolute atomic E-state index is 0.325. The molecule has 34 heavy (non-hydrogen) atoms. The summed E-state index contributed by atoms with van der Waals surface area (Å²) < 4.78 is 6.00. The van der Waals surface area contributed by atoms with Crippen molar-refractivity contribution in [2.24, 2.45) is 7.05 Å². The molecule has 4 aromatic heterocycles. The largest absolute Gasteiger partial charge is 0.274 e. The van der Waals surface area contributed by atoms with Crippen LogP contribution in [-0.2, 0) is 13.2 Å². The number of fused-ring (bicyclic) bond motifs is 2. The minimum Gasteiger partial charge on any atom is -0.274 e. The van der Waals surface area contributed by atoms with Gasteiger partial charge in [-0.15, -0.1) is 0 Å². The monoisotopic (exact) mass is 471 g/mol. The van der Waals surface area contributed by atoms with Crippen LogP contribution in [0.1, 0.15) is 36.7 Å². The first kappa shape index (κ1) is 22.5. The average molecular weight is 472 g/mol. The van der Waals surface area contributed by atoms with Crippen LogP contribution in [0.3, 0.4) is 0 Å². The van der Waals surface area contributed by atoms with Crippen LogP contribution in [0.25, 0.3) is 38.9 Å². The number of hydrogen-bond donors (Lipinski definition) is 0. The Morgan fingerprint density at radius 1 is 1.00 bits per heavy atom. The summed E-state index contributed by atoms with van der Waals surface area (Å²) in [5, 5.41) is 16.7. The zero-order chi connectivity index (χ0) is 24.4. The van der Waals surface area contributed by atoms with E-state index in [9.17, 15) is 0 Å². The maximum atomic E-state index is 5.20. The van der Waals surface area contributed by atoms with Crippen LogP contribution in [0.2, 0.25) is 19.6 Å². The van der Waals surface area contributed by atoms with Gasteiger partial charge in [0.1, 0.15) is 0 Å². The third-order valence-corrected chi connectivity index (χ3v) is 7.50. The Kier molecular flexibility index (Phi) is 5.24. The van der Waals surface area contributed by atoms with E-state index in [0.29, 0.717) is 5.92 Å². The third-order valence-electron chi connectivity index (χ3n) is 6.23. The van der Waals surface area contributed by atoms with Crippen LogP contribution in [0.15, 0.2) is 36.7 Å². The van der Waals surface area contributed by atoms with Gasteiger partial charge in [-0.3, -0.25) is 9.36 Å². The second-order valence-corrected chi connectivity index (χ2v) is 16.3. The van der Waals surface area contributed by atoms with Crippen molar-refractivity contribution in [3.63, 3.8) is 0 Å². The van der Waals surface area contributed by atoms with Crippen molar-refractivity contribution in [1.82, 2.24) is 34.3 Å². The van der Waals surface area contributed by atoms with Crippen molar-refractivity contribution in [3.8, 4) is 16.9 Å². The summed E-state index contributed by atoms with van der Waals surface area (Å²) in [5.74, 6) is 0.325. The van der Waals surface area contributed by atoms with Crippen molar-refractivity contribution in [2.45, 2.75) is 59.4 Å². The molecule has 176 valence electrons.